The Morgan fingerprint density at radius 1 is 1.19 bits per heavy atom. The van der Waals surface area contributed by atoms with Gasteiger partial charge in [-0.25, -0.2) is 4.68 Å². The highest BCUT2D eigenvalue weighted by atomic mass is 32.1. The first-order valence-electron chi connectivity index (χ1n) is 8.54. The van der Waals surface area contributed by atoms with Gasteiger partial charge in [-0.15, -0.1) is 0 Å². The first-order chi connectivity index (χ1) is 12.5. The van der Waals surface area contributed by atoms with E-state index in [4.69, 9.17) is 21.7 Å². The Bertz CT molecular complexity index is 898. The molecule has 0 bridgehead atoms. The molecule has 1 amide bonds. The van der Waals surface area contributed by atoms with Crippen LogP contribution in [0.5, 0.6) is 11.5 Å². The fourth-order valence-corrected chi connectivity index (χ4v) is 3.41. The molecular formula is C17H21N5O3S. The predicted octanol–water partition coefficient (Wildman–Crippen LogP) is 1.40. The number of rotatable bonds is 3. The average molecular weight is 375 g/mol. The molecule has 2 aliphatic rings. The summed E-state index contributed by atoms with van der Waals surface area (Å²) >= 11 is 5.40. The number of hydrogen-bond acceptors (Lipinski definition) is 6. The number of nitrogens with zero attached hydrogens (tertiary/aromatic N) is 5. The molecule has 9 heteroatoms. The fraction of sp³-hybridized carbons (Fsp3) is 0.471. The van der Waals surface area contributed by atoms with Crippen molar-refractivity contribution in [1.29, 1.82) is 0 Å². The summed E-state index contributed by atoms with van der Waals surface area (Å²) in [5.74, 6) is 2.24. The van der Waals surface area contributed by atoms with E-state index in [9.17, 15) is 4.79 Å². The minimum absolute atomic E-state index is 0.0215. The quantitative estimate of drug-likeness (QED) is 0.756. The van der Waals surface area contributed by atoms with Crippen molar-refractivity contribution in [1.82, 2.24) is 24.1 Å². The van der Waals surface area contributed by atoms with Gasteiger partial charge in [-0.3, -0.25) is 9.69 Å². The van der Waals surface area contributed by atoms with Crippen molar-refractivity contribution in [3.05, 3.63) is 34.4 Å². The maximum Gasteiger partial charge on any atom is 0.254 e. The van der Waals surface area contributed by atoms with Gasteiger partial charge in [-0.05, 0) is 37.3 Å². The van der Waals surface area contributed by atoms with Crippen molar-refractivity contribution in [3.8, 4) is 11.5 Å². The number of carbonyl (C=O) groups excluding carboxylic acids is 1. The second-order valence-electron chi connectivity index (χ2n) is 6.51. The second-order valence-corrected chi connectivity index (χ2v) is 6.87. The van der Waals surface area contributed by atoms with Gasteiger partial charge < -0.3 is 18.9 Å². The largest absolute Gasteiger partial charge is 0.454 e. The van der Waals surface area contributed by atoms with Gasteiger partial charge >= 0.3 is 0 Å². The molecule has 1 aromatic carbocycles. The van der Waals surface area contributed by atoms with Crippen LogP contribution in [0.25, 0.3) is 0 Å². The van der Waals surface area contributed by atoms with Gasteiger partial charge in [0.1, 0.15) is 5.82 Å². The SMILES string of the molecule is Cc1nn(CN2CCN(C(=O)c3ccc4c(c3)OCO4)CC2)c(=S)n1C. The third kappa shape index (κ3) is 3.08. The number of aromatic nitrogens is 3. The Morgan fingerprint density at radius 3 is 2.62 bits per heavy atom. The summed E-state index contributed by atoms with van der Waals surface area (Å²) in [5.41, 5.74) is 0.630. The Hall–Kier alpha value is -2.39. The summed E-state index contributed by atoms with van der Waals surface area (Å²) in [6, 6.07) is 5.34. The van der Waals surface area contributed by atoms with Crippen LogP contribution in [0.2, 0.25) is 0 Å². The Morgan fingerprint density at radius 2 is 1.92 bits per heavy atom. The van der Waals surface area contributed by atoms with Crippen molar-refractivity contribution >= 4 is 18.1 Å². The van der Waals surface area contributed by atoms with Gasteiger partial charge in [0, 0.05) is 38.8 Å². The van der Waals surface area contributed by atoms with E-state index in [1.54, 1.807) is 18.2 Å². The molecule has 1 aromatic heterocycles. The van der Waals surface area contributed by atoms with E-state index in [0.29, 0.717) is 41.6 Å². The zero-order valence-corrected chi connectivity index (χ0v) is 15.7. The third-order valence-electron chi connectivity index (χ3n) is 4.87. The van der Waals surface area contributed by atoms with Crippen molar-refractivity contribution in [2.75, 3.05) is 33.0 Å². The Labute approximate surface area is 156 Å². The monoisotopic (exact) mass is 375 g/mol. The van der Waals surface area contributed by atoms with Crippen LogP contribution in [0.4, 0.5) is 0 Å². The molecule has 0 aliphatic carbocycles. The molecule has 0 radical (unpaired) electrons. The smallest absolute Gasteiger partial charge is 0.254 e. The van der Waals surface area contributed by atoms with Crippen LogP contribution in [0.15, 0.2) is 18.2 Å². The maximum atomic E-state index is 12.7. The molecule has 26 heavy (non-hydrogen) atoms. The van der Waals surface area contributed by atoms with E-state index in [0.717, 1.165) is 18.9 Å². The lowest BCUT2D eigenvalue weighted by Gasteiger charge is -2.34. The van der Waals surface area contributed by atoms with Crippen LogP contribution in [0.1, 0.15) is 16.2 Å². The number of fused-ring (bicyclic) bond motifs is 1. The van der Waals surface area contributed by atoms with E-state index in [-0.39, 0.29) is 12.7 Å². The van der Waals surface area contributed by atoms with Gasteiger partial charge in [0.25, 0.3) is 5.91 Å². The summed E-state index contributed by atoms with van der Waals surface area (Å²) in [6.07, 6.45) is 0. The number of piperazine rings is 1. The second kappa shape index (κ2) is 6.73. The van der Waals surface area contributed by atoms with Crippen molar-refractivity contribution in [3.63, 3.8) is 0 Å². The number of benzene rings is 1. The first-order valence-corrected chi connectivity index (χ1v) is 8.95. The number of hydrogen-bond donors (Lipinski definition) is 0. The summed E-state index contributed by atoms with van der Waals surface area (Å²) in [6.45, 7) is 5.71. The molecule has 1 fully saturated rings. The molecular weight excluding hydrogens is 354 g/mol. The number of aryl methyl sites for hydroxylation is 1. The fourth-order valence-electron chi connectivity index (χ4n) is 3.18. The van der Waals surface area contributed by atoms with Crippen LogP contribution < -0.4 is 9.47 Å². The molecule has 0 atom stereocenters. The molecule has 0 unspecified atom stereocenters. The molecule has 0 N–H and O–H groups in total. The predicted molar refractivity (Wildman–Crippen MR) is 96.8 cm³/mol. The van der Waals surface area contributed by atoms with Crippen molar-refractivity contribution in [2.24, 2.45) is 7.05 Å². The lowest BCUT2D eigenvalue weighted by molar-refractivity contribution is 0.0584. The van der Waals surface area contributed by atoms with E-state index in [2.05, 4.69) is 10.00 Å². The Kier molecular flexibility index (Phi) is 4.41. The number of ether oxygens (including phenoxy) is 2. The highest BCUT2D eigenvalue weighted by Crippen LogP contribution is 2.32. The van der Waals surface area contributed by atoms with Crippen LogP contribution >= 0.6 is 12.2 Å². The van der Waals surface area contributed by atoms with Gasteiger partial charge in [-0.1, -0.05) is 0 Å². The van der Waals surface area contributed by atoms with E-state index in [1.165, 1.54) is 0 Å². The Balaban J connectivity index is 1.38. The summed E-state index contributed by atoms with van der Waals surface area (Å²) in [4.78, 5) is 16.9. The van der Waals surface area contributed by atoms with Gasteiger partial charge in [-0.2, -0.15) is 5.10 Å². The van der Waals surface area contributed by atoms with Crippen LogP contribution in [-0.2, 0) is 13.7 Å². The highest BCUT2D eigenvalue weighted by Gasteiger charge is 2.24. The first kappa shape index (κ1) is 17.0. The number of amides is 1. The van der Waals surface area contributed by atoms with Gasteiger partial charge in [0.05, 0.1) is 6.67 Å². The summed E-state index contributed by atoms with van der Waals surface area (Å²) in [5, 5.41) is 4.47. The molecule has 4 rings (SSSR count). The van der Waals surface area contributed by atoms with Crippen molar-refractivity contribution in [2.45, 2.75) is 13.6 Å². The van der Waals surface area contributed by atoms with Crippen LogP contribution in [-0.4, -0.2) is 63.0 Å². The summed E-state index contributed by atoms with van der Waals surface area (Å²) in [7, 11) is 1.92. The molecule has 8 nitrogen and oxygen atoms in total. The molecule has 3 heterocycles. The minimum Gasteiger partial charge on any atom is -0.454 e. The molecule has 2 aromatic rings. The van der Waals surface area contributed by atoms with Gasteiger partial charge in [0.15, 0.2) is 16.3 Å². The molecule has 1 saturated heterocycles. The normalized spacial score (nSPS) is 16.9. The zero-order chi connectivity index (χ0) is 18.3. The minimum atomic E-state index is 0.0215. The average Bonchev–Trinajstić information content (AvgIpc) is 3.22. The van der Waals surface area contributed by atoms with Crippen LogP contribution in [0, 0.1) is 11.7 Å². The topological polar surface area (TPSA) is 64.8 Å². The molecule has 0 spiro atoms. The lowest BCUT2D eigenvalue weighted by Crippen LogP contribution is -2.49. The highest BCUT2D eigenvalue weighted by molar-refractivity contribution is 7.71. The van der Waals surface area contributed by atoms with Gasteiger partial charge in [0.2, 0.25) is 6.79 Å². The molecule has 0 saturated carbocycles. The van der Waals surface area contributed by atoms with E-state index < -0.39 is 0 Å². The molecule has 2 aliphatic heterocycles. The maximum absolute atomic E-state index is 12.7. The van der Waals surface area contributed by atoms with Crippen molar-refractivity contribution < 1.29 is 14.3 Å². The number of carbonyl (C=O) groups is 1. The van der Waals surface area contributed by atoms with E-state index in [1.807, 2.05) is 28.1 Å². The summed E-state index contributed by atoms with van der Waals surface area (Å²) < 4.78 is 15.1. The standard InChI is InChI=1S/C17H21N5O3S/c1-12-18-22(17(26)19(12)2)10-20-5-7-21(8-6-20)16(23)13-3-4-14-15(9-13)25-11-24-14/h3-4,9H,5-8,10-11H2,1-2H3. The third-order valence-corrected chi connectivity index (χ3v) is 5.36. The van der Waals surface area contributed by atoms with E-state index >= 15 is 0 Å². The zero-order valence-electron chi connectivity index (χ0n) is 14.8. The molecule has 138 valence electrons. The van der Waals surface area contributed by atoms with Crippen LogP contribution in [0.3, 0.4) is 0 Å². The lowest BCUT2D eigenvalue weighted by atomic mass is 10.1.